The quantitative estimate of drug-likeness (QED) is 0.684. The SMILES string of the molecule is Cc1nocc1-c1cc(N)nc(N)n1. The predicted molar refractivity (Wildman–Crippen MR) is 51.1 cm³/mol. The summed E-state index contributed by atoms with van der Waals surface area (Å²) in [5.41, 5.74) is 13.1. The lowest BCUT2D eigenvalue weighted by molar-refractivity contribution is 0.415. The maximum atomic E-state index is 5.53. The van der Waals surface area contributed by atoms with E-state index in [0.717, 1.165) is 11.3 Å². The molecule has 0 spiro atoms. The topological polar surface area (TPSA) is 104 Å². The number of hydrogen-bond acceptors (Lipinski definition) is 6. The largest absolute Gasteiger partial charge is 0.384 e. The Labute approximate surface area is 79.9 Å². The van der Waals surface area contributed by atoms with Gasteiger partial charge in [0.05, 0.1) is 17.0 Å². The molecule has 4 N–H and O–H groups in total. The maximum absolute atomic E-state index is 5.53. The Bertz CT molecular complexity index is 444. The van der Waals surface area contributed by atoms with E-state index in [0.29, 0.717) is 11.5 Å². The number of aryl methyl sites for hydroxylation is 1. The second-order valence-corrected chi connectivity index (χ2v) is 2.85. The molecule has 0 fully saturated rings. The summed E-state index contributed by atoms with van der Waals surface area (Å²) >= 11 is 0. The Kier molecular flexibility index (Phi) is 1.81. The first kappa shape index (κ1) is 8.49. The van der Waals surface area contributed by atoms with Gasteiger partial charge < -0.3 is 16.0 Å². The molecular weight excluding hydrogens is 182 g/mol. The van der Waals surface area contributed by atoms with E-state index in [4.69, 9.17) is 16.0 Å². The summed E-state index contributed by atoms with van der Waals surface area (Å²) in [6.07, 6.45) is 1.50. The van der Waals surface area contributed by atoms with E-state index < -0.39 is 0 Å². The summed E-state index contributed by atoms with van der Waals surface area (Å²) < 4.78 is 4.79. The average Bonchev–Trinajstić information content (AvgIpc) is 2.49. The molecule has 0 aliphatic rings. The van der Waals surface area contributed by atoms with Gasteiger partial charge in [0.25, 0.3) is 0 Å². The summed E-state index contributed by atoms with van der Waals surface area (Å²) in [6, 6.07) is 1.62. The second-order valence-electron chi connectivity index (χ2n) is 2.85. The lowest BCUT2D eigenvalue weighted by atomic mass is 10.2. The molecule has 0 bridgehead atoms. The van der Waals surface area contributed by atoms with Gasteiger partial charge >= 0.3 is 0 Å². The molecular formula is C8H9N5O. The van der Waals surface area contributed by atoms with E-state index in [9.17, 15) is 0 Å². The van der Waals surface area contributed by atoms with Gasteiger partial charge in [0.1, 0.15) is 12.1 Å². The van der Waals surface area contributed by atoms with Crippen molar-refractivity contribution in [2.24, 2.45) is 0 Å². The molecule has 6 heteroatoms. The van der Waals surface area contributed by atoms with Crippen molar-refractivity contribution in [3.8, 4) is 11.3 Å². The number of nitrogens with zero attached hydrogens (tertiary/aromatic N) is 3. The molecule has 0 aromatic carbocycles. The van der Waals surface area contributed by atoms with Gasteiger partial charge in [-0.15, -0.1) is 0 Å². The van der Waals surface area contributed by atoms with Crippen molar-refractivity contribution in [3.05, 3.63) is 18.0 Å². The van der Waals surface area contributed by atoms with Crippen LogP contribution in [0.1, 0.15) is 5.69 Å². The Balaban J connectivity index is 2.57. The normalized spacial score (nSPS) is 10.4. The van der Waals surface area contributed by atoms with E-state index in [-0.39, 0.29) is 5.95 Å². The summed E-state index contributed by atoms with van der Waals surface area (Å²) in [5, 5.41) is 3.74. The molecule has 14 heavy (non-hydrogen) atoms. The van der Waals surface area contributed by atoms with Crippen molar-refractivity contribution in [3.63, 3.8) is 0 Å². The van der Waals surface area contributed by atoms with E-state index in [1.165, 1.54) is 6.26 Å². The molecule has 72 valence electrons. The van der Waals surface area contributed by atoms with Crippen LogP contribution in [0.15, 0.2) is 16.9 Å². The van der Waals surface area contributed by atoms with Gasteiger partial charge in [-0.25, -0.2) is 4.98 Å². The van der Waals surface area contributed by atoms with Gasteiger partial charge in [0.2, 0.25) is 5.95 Å². The van der Waals surface area contributed by atoms with Gasteiger partial charge in [0, 0.05) is 6.07 Å². The highest BCUT2D eigenvalue weighted by molar-refractivity contribution is 5.63. The van der Waals surface area contributed by atoms with Crippen LogP contribution in [-0.2, 0) is 0 Å². The fraction of sp³-hybridized carbons (Fsp3) is 0.125. The van der Waals surface area contributed by atoms with Crippen LogP contribution in [0.2, 0.25) is 0 Å². The molecule has 0 aliphatic heterocycles. The van der Waals surface area contributed by atoms with Crippen molar-refractivity contribution >= 4 is 11.8 Å². The predicted octanol–water partition coefficient (Wildman–Crippen LogP) is 0.604. The monoisotopic (exact) mass is 191 g/mol. The number of nitrogen functional groups attached to an aromatic ring is 2. The smallest absolute Gasteiger partial charge is 0.222 e. The van der Waals surface area contributed by atoms with Crippen molar-refractivity contribution < 1.29 is 4.52 Å². The molecule has 2 aromatic heterocycles. The lowest BCUT2D eigenvalue weighted by Crippen LogP contribution is -2.00. The number of rotatable bonds is 1. The Morgan fingerprint density at radius 2 is 2.07 bits per heavy atom. The Morgan fingerprint density at radius 1 is 1.29 bits per heavy atom. The van der Waals surface area contributed by atoms with Gasteiger partial charge in [-0.05, 0) is 6.92 Å². The van der Waals surface area contributed by atoms with E-state index >= 15 is 0 Å². The zero-order chi connectivity index (χ0) is 10.1. The molecule has 0 aliphatic carbocycles. The standard InChI is InChI=1S/C8H9N5O/c1-4-5(3-14-13-4)6-2-7(9)12-8(10)11-6/h2-3H,1H3,(H4,9,10,11,12). The molecule has 6 nitrogen and oxygen atoms in total. The van der Waals surface area contributed by atoms with Crippen LogP contribution < -0.4 is 11.5 Å². The first-order valence-corrected chi connectivity index (χ1v) is 3.98. The third-order valence-corrected chi connectivity index (χ3v) is 1.79. The third-order valence-electron chi connectivity index (χ3n) is 1.79. The minimum absolute atomic E-state index is 0.139. The molecule has 0 unspecified atom stereocenters. The van der Waals surface area contributed by atoms with Crippen LogP contribution in [0.4, 0.5) is 11.8 Å². The lowest BCUT2D eigenvalue weighted by Gasteiger charge is -2.00. The van der Waals surface area contributed by atoms with Crippen LogP contribution >= 0.6 is 0 Å². The maximum Gasteiger partial charge on any atom is 0.222 e. The fourth-order valence-electron chi connectivity index (χ4n) is 1.16. The average molecular weight is 191 g/mol. The molecule has 0 saturated heterocycles. The van der Waals surface area contributed by atoms with Crippen LogP contribution in [0.25, 0.3) is 11.3 Å². The summed E-state index contributed by atoms with van der Waals surface area (Å²) in [5.74, 6) is 0.466. The van der Waals surface area contributed by atoms with Crippen molar-refractivity contribution in [2.45, 2.75) is 6.92 Å². The summed E-state index contributed by atoms with van der Waals surface area (Å²) in [7, 11) is 0. The van der Waals surface area contributed by atoms with Crippen LogP contribution in [0.5, 0.6) is 0 Å². The minimum Gasteiger partial charge on any atom is -0.384 e. The van der Waals surface area contributed by atoms with Crippen LogP contribution in [-0.4, -0.2) is 15.1 Å². The summed E-state index contributed by atoms with van der Waals surface area (Å²) in [4.78, 5) is 7.79. The number of anilines is 2. The number of nitrogens with two attached hydrogens (primary N) is 2. The first-order valence-electron chi connectivity index (χ1n) is 3.98. The van der Waals surface area contributed by atoms with Crippen LogP contribution in [0, 0.1) is 6.92 Å². The molecule has 0 radical (unpaired) electrons. The minimum atomic E-state index is 0.139. The first-order chi connectivity index (χ1) is 6.66. The summed E-state index contributed by atoms with van der Waals surface area (Å²) in [6.45, 7) is 1.81. The van der Waals surface area contributed by atoms with Crippen LogP contribution in [0.3, 0.4) is 0 Å². The Morgan fingerprint density at radius 3 is 2.64 bits per heavy atom. The zero-order valence-corrected chi connectivity index (χ0v) is 7.56. The highest BCUT2D eigenvalue weighted by Crippen LogP contribution is 2.21. The number of aromatic nitrogens is 3. The number of hydrogen-bond donors (Lipinski definition) is 2. The molecule has 2 heterocycles. The third kappa shape index (κ3) is 1.37. The second kappa shape index (κ2) is 2.99. The molecule has 2 rings (SSSR count). The van der Waals surface area contributed by atoms with E-state index in [1.807, 2.05) is 6.92 Å². The van der Waals surface area contributed by atoms with E-state index in [1.54, 1.807) is 6.07 Å². The molecule has 0 amide bonds. The fourth-order valence-corrected chi connectivity index (χ4v) is 1.16. The van der Waals surface area contributed by atoms with Crippen molar-refractivity contribution in [1.82, 2.24) is 15.1 Å². The van der Waals surface area contributed by atoms with Gasteiger partial charge in [-0.1, -0.05) is 5.16 Å². The van der Waals surface area contributed by atoms with Gasteiger partial charge in [-0.2, -0.15) is 4.98 Å². The molecule has 0 saturated carbocycles. The van der Waals surface area contributed by atoms with Gasteiger partial charge in [-0.3, -0.25) is 0 Å². The molecule has 2 aromatic rings. The van der Waals surface area contributed by atoms with Crippen molar-refractivity contribution in [2.75, 3.05) is 11.5 Å². The van der Waals surface area contributed by atoms with Gasteiger partial charge in [0.15, 0.2) is 0 Å². The van der Waals surface area contributed by atoms with E-state index in [2.05, 4.69) is 15.1 Å². The van der Waals surface area contributed by atoms with Crippen molar-refractivity contribution in [1.29, 1.82) is 0 Å². The Hall–Kier alpha value is -2.11. The highest BCUT2D eigenvalue weighted by Gasteiger charge is 2.08. The zero-order valence-electron chi connectivity index (χ0n) is 7.56. The molecule has 0 atom stereocenters. The highest BCUT2D eigenvalue weighted by atomic mass is 16.5.